The van der Waals surface area contributed by atoms with Crippen LogP contribution in [-0.4, -0.2) is 23.5 Å². The van der Waals surface area contributed by atoms with Gasteiger partial charge < -0.3 is 5.32 Å². The highest BCUT2D eigenvalue weighted by molar-refractivity contribution is 8.00. The Balaban J connectivity index is 1.87. The minimum absolute atomic E-state index is 0.0567. The van der Waals surface area contributed by atoms with Crippen molar-refractivity contribution in [3.05, 3.63) is 29.6 Å². The van der Waals surface area contributed by atoms with Gasteiger partial charge in [0.1, 0.15) is 5.82 Å². The average molecular weight is 323 g/mol. The van der Waals surface area contributed by atoms with Gasteiger partial charge >= 0.3 is 0 Å². The second kappa shape index (κ2) is 7.77. The number of benzene rings is 1. The molecule has 0 radical (unpaired) electrons. The Morgan fingerprint density at radius 1 is 1.32 bits per heavy atom. The van der Waals surface area contributed by atoms with Gasteiger partial charge in [0.05, 0.1) is 5.75 Å². The molecule has 0 heterocycles. The lowest BCUT2D eigenvalue weighted by molar-refractivity contribution is -0.119. The summed E-state index contributed by atoms with van der Waals surface area (Å²) in [6.45, 7) is 3.57. The Morgan fingerprint density at radius 2 is 2.05 bits per heavy atom. The van der Waals surface area contributed by atoms with Crippen LogP contribution < -0.4 is 5.32 Å². The number of ketones is 1. The van der Waals surface area contributed by atoms with Crippen molar-refractivity contribution in [2.24, 2.45) is 5.92 Å². The Labute approximate surface area is 135 Å². The number of amides is 1. The van der Waals surface area contributed by atoms with E-state index in [1.165, 1.54) is 31.2 Å². The van der Waals surface area contributed by atoms with Crippen LogP contribution in [0.1, 0.15) is 49.9 Å². The molecule has 22 heavy (non-hydrogen) atoms. The lowest BCUT2D eigenvalue weighted by Gasteiger charge is -2.29. The zero-order chi connectivity index (χ0) is 16.1. The van der Waals surface area contributed by atoms with Crippen molar-refractivity contribution in [1.29, 1.82) is 0 Å². The standard InChI is InChI=1S/C17H22FNO2S/c1-11-5-3-4-6-15(11)19-17(21)10-22-16-8-7-13(12(2)20)9-14(16)18/h7-9,11,15H,3-6,10H2,1-2H3,(H,19,21). The molecule has 1 N–H and O–H groups in total. The third kappa shape index (κ3) is 4.57. The van der Waals surface area contributed by atoms with E-state index >= 15 is 0 Å². The number of carbonyl (C=O) groups excluding carboxylic acids is 2. The number of rotatable bonds is 5. The molecule has 0 aliphatic heterocycles. The lowest BCUT2D eigenvalue weighted by atomic mass is 9.86. The number of thioether (sulfide) groups is 1. The lowest BCUT2D eigenvalue weighted by Crippen LogP contribution is -2.41. The molecule has 120 valence electrons. The monoisotopic (exact) mass is 323 g/mol. The van der Waals surface area contributed by atoms with Crippen molar-refractivity contribution in [2.75, 3.05) is 5.75 Å². The first-order valence-electron chi connectivity index (χ1n) is 7.70. The maximum atomic E-state index is 13.9. The molecule has 0 aromatic heterocycles. The number of hydrogen-bond donors (Lipinski definition) is 1. The van der Waals surface area contributed by atoms with Crippen LogP contribution in [0.25, 0.3) is 0 Å². The van der Waals surface area contributed by atoms with Gasteiger partial charge in [0.2, 0.25) is 5.91 Å². The molecule has 2 rings (SSSR count). The Bertz CT molecular complexity index is 562. The summed E-state index contributed by atoms with van der Waals surface area (Å²) in [7, 11) is 0. The van der Waals surface area contributed by atoms with Gasteiger partial charge in [0, 0.05) is 16.5 Å². The van der Waals surface area contributed by atoms with E-state index in [4.69, 9.17) is 0 Å². The zero-order valence-corrected chi connectivity index (χ0v) is 13.8. The van der Waals surface area contributed by atoms with Gasteiger partial charge in [-0.15, -0.1) is 11.8 Å². The summed E-state index contributed by atoms with van der Waals surface area (Å²) in [6.07, 6.45) is 4.57. The van der Waals surface area contributed by atoms with Gasteiger partial charge in [0.15, 0.2) is 5.78 Å². The van der Waals surface area contributed by atoms with Gasteiger partial charge in [0.25, 0.3) is 0 Å². The minimum atomic E-state index is -0.448. The Hall–Kier alpha value is -1.36. The van der Waals surface area contributed by atoms with E-state index in [0.717, 1.165) is 19.3 Å². The Morgan fingerprint density at radius 3 is 2.68 bits per heavy atom. The first kappa shape index (κ1) is 17.0. The summed E-state index contributed by atoms with van der Waals surface area (Å²) in [5.74, 6) is 0.0311. The van der Waals surface area contributed by atoms with E-state index in [9.17, 15) is 14.0 Å². The van der Waals surface area contributed by atoms with Crippen LogP contribution in [-0.2, 0) is 4.79 Å². The van der Waals surface area contributed by atoms with Crippen LogP contribution in [0.3, 0.4) is 0 Å². The van der Waals surface area contributed by atoms with Crippen molar-refractivity contribution < 1.29 is 14.0 Å². The molecule has 2 atom stereocenters. The summed E-state index contributed by atoms with van der Waals surface area (Å²) in [5.41, 5.74) is 0.349. The van der Waals surface area contributed by atoms with Crippen molar-refractivity contribution in [1.82, 2.24) is 5.32 Å². The molecule has 0 bridgehead atoms. The fourth-order valence-corrected chi connectivity index (χ4v) is 3.49. The number of nitrogens with one attached hydrogen (secondary N) is 1. The summed E-state index contributed by atoms with van der Waals surface area (Å²) >= 11 is 1.17. The van der Waals surface area contributed by atoms with Crippen LogP contribution in [0.15, 0.2) is 23.1 Å². The SMILES string of the molecule is CC(=O)c1ccc(SCC(=O)NC2CCCCC2C)c(F)c1. The maximum absolute atomic E-state index is 13.9. The molecule has 3 nitrogen and oxygen atoms in total. The average Bonchev–Trinajstić information content (AvgIpc) is 2.48. The molecule has 1 fully saturated rings. The molecule has 0 spiro atoms. The second-order valence-corrected chi connectivity index (χ2v) is 6.94. The van der Waals surface area contributed by atoms with Crippen LogP contribution in [0.4, 0.5) is 4.39 Å². The van der Waals surface area contributed by atoms with E-state index in [0.29, 0.717) is 16.4 Å². The molecule has 1 saturated carbocycles. The molecule has 2 unspecified atom stereocenters. The van der Waals surface area contributed by atoms with E-state index in [2.05, 4.69) is 12.2 Å². The molecule has 1 amide bonds. The predicted molar refractivity (Wildman–Crippen MR) is 86.7 cm³/mol. The quantitative estimate of drug-likeness (QED) is 0.662. The van der Waals surface area contributed by atoms with Gasteiger partial charge in [-0.2, -0.15) is 0 Å². The topological polar surface area (TPSA) is 46.2 Å². The third-order valence-corrected chi connectivity index (χ3v) is 5.20. The third-order valence-electron chi connectivity index (χ3n) is 4.16. The highest BCUT2D eigenvalue weighted by atomic mass is 32.2. The Kier molecular flexibility index (Phi) is 6.00. The van der Waals surface area contributed by atoms with Gasteiger partial charge in [-0.05, 0) is 37.8 Å². The number of halogens is 1. The number of hydrogen-bond acceptors (Lipinski definition) is 3. The largest absolute Gasteiger partial charge is 0.352 e. The smallest absolute Gasteiger partial charge is 0.230 e. The first-order chi connectivity index (χ1) is 10.5. The second-order valence-electron chi connectivity index (χ2n) is 5.93. The maximum Gasteiger partial charge on any atom is 0.230 e. The summed E-state index contributed by atoms with van der Waals surface area (Å²) < 4.78 is 13.9. The van der Waals surface area contributed by atoms with Crippen LogP contribution in [0.2, 0.25) is 0 Å². The predicted octanol–water partition coefficient (Wildman–Crippen LogP) is 3.82. The van der Waals surface area contributed by atoms with Crippen molar-refractivity contribution >= 4 is 23.5 Å². The molecule has 5 heteroatoms. The van der Waals surface area contributed by atoms with E-state index < -0.39 is 5.82 Å². The van der Waals surface area contributed by atoms with Crippen molar-refractivity contribution in [3.8, 4) is 0 Å². The summed E-state index contributed by atoms with van der Waals surface area (Å²) in [6, 6.07) is 4.63. The first-order valence-corrected chi connectivity index (χ1v) is 8.68. The van der Waals surface area contributed by atoms with E-state index in [1.807, 2.05) is 0 Å². The molecular formula is C17H22FNO2S. The van der Waals surface area contributed by atoms with E-state index in [-0.39, 0.29) is 23.5 Å². The van der Waals surface area contributed by atoms with Crippen LogP contribution >= 0.6 is 11.8 Å². The van der Waals surface area contributed by atoms with Crippen LogP contribution in [0.5, 0.6) is 0 Å². The zero-order valence-electron chi connectivity index (χ0n) is 13.0. The van der Waals surface area contributed by atoms with E-state index in [1.54, 1.807) is 12.1 Å². The highest BCUT2D eigenvalue weighted by Gasteiger charge is 2.22. The summed E-state index contributed by atoms with van der Waals surface area (Å²) in [5, 5.41) is 3.05. The van der Waals surface area contributed by atoms with Gasteiger partial charge in [-0.3, -0.25) is 9.59 Å². The highest BCUT2D eigenvalue weighted by Crippen LogP contribution is 2.25. The van der Waals surface area contributed by atoms with Crippen LogP contribution in [0, 0.1) is 11.7 Å². The summed E-state index contributed by atoms with van der Waals surface area (Å²) in [4.78, 5) is 23.6. The van der Waals surface area contributed by atoms with Crippen molar-refractivity contribution in [3.63, 3.8) is 0 Å². The number of carbonyl (C=O) groups is 2. The molecule has 1 aliphatic carbocycles. The fraction of sp³-hybridized carbons (Fsp3) is 0.529. The fourth-order valence-electron chi connectivity index (χ4n) is 2.76. The van der Waals surface area contributed by atoms with Gasteiger partial charge in [-0.1, -0.05) is 25.8 Å². The minimum Gasteiger partial charge on any atom is -0.352 e. The number of Topliss-reactive ketones (excluding diaryl/α,β-unsaturated/α-hetero) is 1. The molecule has 1 aromatic carbocycles. The normalized spacial score (nSPS) is 21.4. The molecule has 0 saturated heterocycles. The molecule has 1 aliphatic rings. The molecular weight excluding hydrogens is 301 g/mol. The van der Waals surface area contributed by atoms with Crippen molar-refractivity contribution in [2.45, 2.75) is 50.5 Å². The molecule has 1 aromatic rings. The van der Waals surface area contributed by atoms with Gasteiger partial charge in [-0.25, -0.2) is 4.39 Å².